The molecular formula is C15H12ClN5O3. The summed E-state index contributed by atoms with van der Waals surface area (Å²) in [7, 11) is 1.53. The fourth-order valence-corrected chi connectivity index (χ4v) is 2.34. The molecule has 1 unspecified atom stereocenters. The summed E-state index contributed by atoms with van der Waals surface area (Å²) in [5, 5.41) is 21.3. The zero-order valence-electron chi connectivity index (χ0n) is 12.5. The maximum Gasteiger partial charge on any atom is 0.328 e. The van der Waals surface area contributed by atoms with Crippen molar-refractivity contribution in [3.63, 3.8) is 0 Å². The summed E-state index contributed by atoms with van der Waals surface area (Å²) in [5.41, 5.74) is 1.39. The molecule has 2 aromatic rings. The van der Waals surface area contributed by atoms with Gasteiger partial charge in [-0.25, -0.2) is 14.8 Å². The van der Waals surface area contributed by atoms with E-state index in [1.807, 2.05) is 6.07 Å². The third-order valence-electron chi connectivity index (χ3n) is 3.49. The van der Waals surface area contributed by atoms with E-state index < -0.39 is 12.3 Å². The number of ether oxygens (including phenoxy) is 1. The fraction of sp³-hybridized carbons (Fsp3) is 0.200. The summed E-state index contributed by atoms with van der Waals surface area (Å²) in [6.45, 7) is 0.285. The van der Waals surface area contributed by atoms with Gasteiger partial charge in [-0.05, 0) is 6.07 Å². The molecule has 3 rings (SSSR count). The molecule has 2 amide bonds. The number of nitrogens with zero attached hydrogens (tertiary/aromatic N) is 4. The molecule has 0 saturated heterocycles. The Bertz CT molecular complexity index is 851. The van der Waals surface area contributed by atoms with Crippen LogP contribution < -0.4 is 10.2 Å². The van der Waals surface area contributed by atoms with E-state index in [0.717, 1.165) is 5.56 Å². The van der Waals surface area contributed by atoms with Gasteiger partial charge in [-0.1, -0.05) is 17.7 Å². The van der Waals surface area contributed by atoms with Gasteiger partial charge >= 0.3 is 6.03 Å². The van der Waals surface area contributed by atoms with Crippen molar-refractivity contribution in [3.05, 3.63) is 46.2 Å². The topological polar surface area (TPSA) is 111 Å². The van der Waals surface area contributed by atoms with E-state index >= 15 is 0 Å². The molecule has 3 heterocycles. The van der Waals surface area contributed by atoms with Crippen LogP contribution in [0.5, 0.6) is 0 Å². The SMILES string of the molecule is CN(C(=O)Nc1cc(Cl)c(C#N)cn1)c1ccc2c(n1)C(O)OC2. The van der Waals surface area contributed by atoms with Crippen molar-refractivity contribution in [1.29, 1.82) is 5.26 Å². The smallest absolute Gasteiger partial charge is 0.328 e. The van der Waals surface area contributed by atoms with Crippen molar-refractivity contribution in [2.45, 2.75) is 12.9 Å². The zero-order valence-corrected chi connectivity index (χ0v) is 13.3. The minimum absolute atomic E-state index is 0.196. The number of hydrogen-bond acceptors (Lipinski definition) is 6. The first-order valence-electron chi connectivity index (χ1n) is 6.89. The van der Waals surface area contributed by atoms with Gasteiger partial charge in [0.25, 0.3) is 0 Å². The van der Waals surface area contributed by atoms with Crippen LogP contribution >= 0.6 is 11.6 Å². The second-order valence-electron chi connectivity index (χ2n) is 5.03. The molecule has 0 spiro atoms. The van der Waals surface area contributed by atoms with E-state index in [-0.39, 0.29) is 23.0 Å². The average molecular weight is 346 g/mol. The van der Waals surface area contributed by atoms with Crippen LogP contribution in [-0.4, -0.2) is 28.2 Å². The molecule has 0 saturated carbocycles. The Morgan fingerprint density at radius 3 is 3.08 bits per heavy atom. The first-order valence-corrected chi connectivity index (χ1v) is 7.27. The van der Waals surface area contributed by atoms with Crippen LogP contribution in [0, 0.1) is 11.3 Å². The van der Waals surface area contributed by atoms with Gasteiger partial charge in [0.05, 0.1) is 17.2 Å². The Balaban J connectivity index is 1.77. The van der Waals surface area contributed by atoms with Crippen molar-refractivity contribution in [2.24, 2.45) is 0 Å². The lowest BCUT2D eigenvalue weighted by atomic mass is 10.2. The van der Waals surface area contributed by atoms with Crippen molar-refractivity contribution in [1.82, 2.24) is 9.97 Å². The summed E-state index contributed by atoms with van der Waals surface area (Å²) in [5.74, 6) is 0.552. The first-order chi connectivity index (χ1) is 11.5. The largest absolute Gasteiger partial charge is 0.363 e. The molecule has 2 aromatic heterocycles. The van der Waals surface area contributed by atoms with Crippen LogP contribution in [0.25, 0.3) is 0 Å². The number of aliphatic hydroxyl groups excluding tert-OH is 1. The molecule has 0 bridgehead atoms. The molecule has 1 atom stereocenters. The van der Waals surface area contributed by atoms with E-state index in [4.69, 9.17) is 21.6 Å². The molecule has 8 nitrogen and oxygen atoms in total. The molecule has 0 aliphatic carbocycles. The van der Waals surface area contributed by atoms with Gasteiger partial charge in [-0.15, -0.1) is 0 Å². The summed E-state index contributed by atoms with van der Waals surface area (Å²) < 4.78 is 5.07. The number of aliphatic hydroxyl groups is 1. The number of rotatable bonds is 2. The minimum Gasteiger partial charge on any atom is -0.363 e. The number of nitriles is 1. The van der Waals surface area contributed by atoms with Gasteiger partial charge < -0.3 is 9.84 Å². The fourth-order valence-electron chi connectivity index (χ4n) is 2.14. The summed E-state index contributed by atoms with van der Waals surface area (Å²) >= 11 is 5.91. The minimum atomic E-state index is -1.09. The van der Waals surface area contributed by atoms with E-state index in [9.17, 15) is 9.90 Å². The van der Waals surface area contributed by atoms with E-state index in [2.05, 4.69) is 15.3 Å². The number of amides is 2. The Labute approximate surface area is 142 Å². The lowest BCUT2D eigenvalue weighted by molar-refractivity contribution is -0.0938. The highest BCUT2D eigenvalue weighted by Crippen LogP contribution is 2.28. The highest BCUT2D eigenvalue weighted by molar-refractivity contribution is 6.32. The number of pyridine rings is 2. The number of aromatic nitrogens is 2. The number of nitrogens with one attached hydrogen (secondary N) is 1. The Morgan fingerprint density at radius 2 is 2.38 bits per heavy atom. The third kappa shape index (κ3) is 3.00. The van der Waals surface area contributed by atoms with Gasteiger partial charge in [0, 0.05) is 24.9 Å². The van der Waals surface area contributed by atoms with E-state index in [1.54, 1.807) is 12.1 Å². The second-order valence-corrected chi connectivity index (χ2v) is 5.43. The van der Waals surface area contributed by atoms with Crippen molar-refractivity contribution >= 4 is 29.3 Å². The molecule has 24 heavy (non-hydrogen) atoms. The van der Waals surface area contributed by atoms with Gasteiger partial charge in [0.15, 0.2) is 6.29 Å². The maximum atomic E-state index is 12.3. The summed E-state index contributed by atoms with van der Waals surface area (Å²) in [4.78, 5) is 21.7. The maximum absolute atomic E-state index is 12.3. The molecule has 1 aliphatic rings. The molecule has 122 valence electrons. The monoisotopic (exact) mass is 345 g/mol. The lowest BCUT2D eigenvalue weighted by Gasteiger charge is -2.17. The number of halogens is 1. The van der Waals surface area contributed by atoms with Gasteiger partial charge in [-0.3, -0.25) is 10.2 Å². The van der Waals surface area contributed by atoms with Crippen molar-refractivity contribution in [2.75, 3.05) is 17.3 Å². The summed E-state index contributed by atoms with van der Waals surface area (Å²) in [6, 6.07) is 6.18. The second kappa shape index (κ2) is 6.41. The Hall–Kier alpha value is -2.73. The number of carbonyl (C=O) groups excluding carboxylic acids is 1. The summed E-state index contributed by atoms with van der Waals surface area (Å²) in [6.07, 6.45) is 0.189. The van der Waals surface area contributed by atoms with Gasteiger partial charge in [-0.2, -0.15) is 5.26 Å². The Morgan fingerprint density at radius 1 is 1.58 bits per heavy atom. The van der Waals surface area contributed by atoms with Crippen LogP contribution in [0.4, 0.5) is 16.4 Å². The molecule has 0 fully saturated rings. The van der Waals surface area contributed by atoms with E-state index in [0.29, 0.717) is 11.5 Å². The number of hydrogen-bond donors (Lipinski definition) is 2. The van der Waals surface area contributed by atoms with Crippen LogP contribution in [0.15, 0.2) is 24.4 Å². The van der Waals surface area contributed by atoms with Crippen LogP contribution in [0.1, 0.15) is 23.1 Å². The van der Waals surface area contributed by atoms with Gasteiger partial charge in [0.2, 0.25) is 0 Å². The predicted molar refractivity (Wildman–Crippen MR) is 85.4 cm³/mol. The van der Waals surface area contributed by atoms with Crippen LogP contribution in [0.2, 0.25) is 5.02 Å². The van der Waals surface area contributed by atoms with Gasteiger partial charge in [0.1, 0.15) is 23.4 Å². The standard InChI is InChI=1S/C15H12ClN5O3/c1-21(12-3-2-8-7-24-14(22)13(8)20-12)15(23)19-11-4-10(16)9(5-17)6-18-11/h2-4,6,14,22H,7H2,1H3,(H,18,19,23). The predicted octanol–water partition coefficient (Wildman–Crippen LogP) is 2.19. The number of fused-ring (bicyclic) bond motifs is 1. The number of anilines is 2. The third-order valence-corrected chi connectivity index (χ3v) is 3.80. The molecular weight excluding hydrogens is 334 g/mol. The van der Waals surface area contributed by atoms with Crippen molar-refractivity contribution < 1.29 is 14.6 Å². The Kier molecular flexibility index (Phi) is 4.31. The highest BCUT2D eigenvalue weighted by Gasteiger charge is 2.24. The van der Waals surface area contributed by atoms with Crippen molar-refractivity contribution in [3.8, 4) is 6.07 Å². The normalized spacial score (nSPS) is 15.5. The molecule has 2 N–H and O–H groups in total. The number of urea groups is 1. The average Bonchev–Trinajstić information content (AvgIpc) is 2.95. The molecule has 1 aliphatic heterocycles. The highest BCUT2D eigenvalue weighted by atomic mass is 35.5. The van der Waals surface area contributed by atoms with Crippen LogP contribution in [0.3, 0.4) is 0 Å². The quantitative estimate of drug-likeness (QED) is 0.863. The zero-order chi connectivity index (χ0) is 17.3. The number of carbonyl (C=O) groups is 1. The van der Waals surface area contributed by atoms with Crippen LogP contribution in [-0.2, 0) is 11.3 Å². The molecule has 0 radical (unpaired) electrons. The molecule has 9 heteroatoms. The first kappa shape index (κ1) is 16.1. The molecule has 0 aromatic carbocycles. The van der Waals surface area contributed by atoms with E-state index in [1.165, 1.54) is 24.2 Å². The lowest BCUT2D eigenvalue weighted by Crippen LogP contribution is -2.32.